The summed E-state index contributed by atoms with van der Waals surface area (Å²) in [6.45, 7) is 0.413. The smallest absolute Gasteiger partial charge is 0.256 e. The van der Waals surface area contributed by atoms with E-state index in [4.69, 9.17) is 4.74 Å². The summed E-state index contributed by atoms with van der Waals surface area (Å²) in [5, 5.41) is 16.2. The van der Waals surface area contributed by atoms with Crippen LogP contribution in [0.15, 0.2) is 66.2 Å². The van der Waals surface area contributed by atoms with Crippen molar-refractivity contribution in [3.05, 3.63) is 82.2 Å². The molecule has 206 valence electrons. The maximum atomic E-state index is 13.8. The minimum Gasteiger partial charge on any atom is -0.496 e. The number of aliphatic hydroxyl groups excluding tert-OH is 1. The summed E-state index contributed by atoms with van der Waals surface area (Å²) in [6, 6.07) is 15.3. The fourth-order valence-corrected chi connectivity index (χ4v) is 6.55. The third-order valence-electron chi connectivity index (χ3n) is 7.77. The standard InChI is InChI=1S/C30H30N4O5S/c1-32-17-22(20-8-3-4-9-24(20)32)29(37)33-15-18(35)13-26(33)28(36)31-23-14-21-25(10-5-11-27(21)39-2)34(30(23)38)16-19-7-6-12-40-19/h3-12,17-18,23,26,35H,13-16H2,1-2H3,(H,31,36). The van der Waals surface area contributed by atoms with Crippen molar-refractivity contribution in [3.63, 3.8) is 0 Å². The lowest BCUT2D eigenvalue weighted by Gasteiger charge is -2.36. The molecule has 10 heteroatoms. The highest BCUT2D eigenvalue weighted by atomic mass is 32.1. The molecule has 4 aromatic rings. The summed E-state index contributed by atoms with van der Waals surface area (Å²) < 4.78 is 7.47. The van der Waals surface area contributed by atoms with Gasteiger partial charge in [0.05, 0.1) is 31.0 Å². The summed E-state index contributed by atoms with van der Waals surface area (Å²) in [4.78, 5) is 45.3. The van der Waals surface area contributed by atoms with Gasteiger partial charge in [0.1, 0.15) is 17.8 Å². The number of benzene rings is 2. The van der Waals surface area contributed by atoms with Gasteiger partial charge in [-0.2, -0.15) is 0 Å². The zero-order valence-corrected chi connectivity index (χ0v) is 23.1. The minimum atomic E-state index is -0.904. The monoisotopic (exact) mass is 558 g/mol. The second-order valence-corrected chi connectivity index (χ2v) is 11.3. The first kappa shape index (κ1) is 26.1. The molecule has 2 aliphatic heterocycles. The Bertz CT molecular complexity index is 1600. The van der Waals surface area contributed by atoms with E-state index in [9.17, 15) is 19.5 Å². The van der Waals surface area contributed by atoms with Crippen LogP contribution in [0.2, 0.25) is 0 Å². The summed E-state index contributed by atoms with van der Waals surface area (Å²) >= 11 is 1.56. The topological polar surface area (TPSA) is 104 Å². The summed E-state index contributed by atoms with van der Waals surface area (Å²) in [5.41, 5.74) is 2.96. The number of rotatable bonds is 6. The zero-order valence-electron chi connectivity index (χ0n) is 22.2. The average Bonchev–Trinajstić information content (AvgIpc) is 3.70. The van der Waals surface area contributed by atoms with E-state index in [-0.39, 0.29) is 31.2 Å². The van der Waals surface area contributed by atoms with Crippen LogP contribution < -0.4 is 15.0 Å². The molecule has 3 unspecified atom stereocenters. The largest absolute Gasteiger partial charge is 0.496 e. The number of nitrogens with zero attached hydrogens (tertiary/aromatic N) is 3. The number of hydrogen-bond acceptors (Lipinski definition) is 6. The van der Waals surface area contributed by atoms with E-state index in [1.54, 1.807) is 29.5 Å². The molecule has 9 nitrogen and oxygen atoms in total. The van der Waals surface area contributed by atoms with E-state index < -0.39 is 24.1 Å². The number of β-amino-alcohol motifs (C(OH)–C–C–N with tert-alkyl or cyclic N) is 1. The predicted molar refractivity (Wildman–Crippen MR) is 153 cm³/mol. The fraction of sp³-hybridized carbons (Fsp3) is 0.300. The van der Waals surface area contributed by atoms with Gasteiger partial charge in [-0.1, -0.05) is 30.3 Å². The number of ether oxygens (including phenoxy) is 1. The van der Waals surface area contributed by atoms with Crippen LogP contribution in [-0.2, 0) is 29.6 Å². The molecule has 0 spiro atoms. The molecule has 6 rings (SSSR count). The molecule has 2 N–H and O–H groups in total. The molecule has 2 aromatic heterocycles. The number of anilines is 1. The highest BCUT2D eigenvalue weighted by molar-refractivity contribution is 7.09. The van der Waals surface area contributed by atoms with Crippen molar-refractivity contribution in [1.82, 2.24) is 14.8 Å². The lowest BCUT2D eigenvalue weighted by molar-refractivity contribution is -0.130. The zero-order chi connectivity index (χ0) is 28.0. The molecule has 0 radical (unpaired) electrons. The van der Waals surface area contributed by atoms with Crippen LogP contribution in [-0.4, -0.2) is 64.1 Å². The number of carbonyl (C=O) groups is 3. The SMILES string of the molecule is COc1cccc2c1CC(NC(=O)C1CC(O)CN1C(=O)c1cn(C)c3ccccc13)C(=O)N2Cc1cccs1. The van der Waals surface area contributed by atoms with Crippen molar-refractivity contribution in [3.8, 4) is 5.75 Å². The molecular weight excluding hydrogens is 528 g/mol. The quantitative estimate of drug-likeness (QED) is 0.379. The highest BCUT2D eigenvalue weighted by Crippen LogP contribution is 2.36. The molecule has 2 aliphatic rings. The number of aromatic nitrogens is 1. The van der Waals surface area contributed by atoms with Gasteiger partial charge in [0.25, 0.3) is 5.91 Å². The lowest BCUT2D eigenvalue weighted by Crippen LogP contribution is -2.56. The molecule has 2 aromatic carbocycles. The van der Waals surface area contributed by atoms with E-state index in [0.29, 0.717) is 17.9 Å². The van der Waals surface area contributed by atoms with Crippen LogP contribution in [0, 0.1) is 0 Å². The van der Waals surface area contributed by atoms with Crippen molar-refractivity contribution in [2.24, 2.45) is 7.05 Å². The van der Waals surface area contributed by atoms with Crippen molar-refractivity contribution in [1.29, 1.82) is 0 Å². The van der Waals surface area contributed by atoms with Crippen LogP contribution >= 0.6 is 11.3 Å². The molecule has 4 heterocycles. The average molecular weight is 559 g/mol. The van der Waals surface area contributed by atoms with Crippen LogP contribution in [0.1, 0.15) is 27.2 Å². The predicted octanol–water partition coefficient (Wildman–Crippen LogP) is 3.10. The van der Waals surface area contributed by atoms with Gasteiger partial charge in [0.15, 0.2) is 0 Å². The number of methoxy groups -OCH3 is 1. The molecular formula is C30H30N4O5S. The Balaban J connectivity index is 1.27. The Labute approximate surface area is 235 Å². The first-order valence-electron chi connectivity index (χ1n) is 13.2. The number of nitrogens with one attached hydrogen (secondary N) is 1. The van der Waals surface area contributed by atoms with Gasteiger partial charge in [-0.05, 0) is 29.6 Å². The number of amides is 3. The second-order valence-electron chi connectivity index (χ2n) is 10.3. The maximum absolute atomic E-state index is 13.8. The Morgan fingerprint density at radius 2 is 1.95 bits per heavy atom. The summed E-state index contributed by atoms with van der Waals surface area (Å²) in [7, 11) is 3.45. The van der Waals surface area contributed by atoms with Crippen molar-refractivity contribution in [2.45, 2.75) is 37.6 Å². The Kier molecular flexibility index (Phi) is 6.81. The Morgan fingerprint density at radius 1 is 1.12 bits per heavy atom. The molecule has 1 saturated heterocycles. The number of likely N-dealkylation sites (tertiary alicyclic amines) is 1. The van der Waals surface area contributed by atoms with Crippen LogP contribution in [0.4, 0.5) is 5.69 Å². The van der Waals surface area contributed by atoms with Crippen molar-refractivity contribution in [2.75, 3.05) is 18.6 Å². The molecule has 0 saturated carbocycles. The van der Waals surface area contributed by atoms with Gasteiger partial charge < -0.3 is 29.5 Å². The number of aliphatic hydroxyl groups is 1. The molecule has 3 atom stereocenters. The van der Waals surface area contributed by atoms with Crippen LogP contribution in [0.25, 0.3) is 10.9 Å². The van der Waals surface area contributed by atoms with E-state index in [1.165, 1.54) is 4.90 Å². The lowest BCUT2D eigenvalue weighted by atomic mass is 9.95. The third-order valence-corrected chi connectivity index (χ3v) is 8.63. The van der Waals surface area contributed by atoms with E-state index in [2.05, 4.69) is 5.32 Å². The third kappa shape index (κ3) is 4.52. The van der Waals surface area contributed by atoms with Crippen LogP contribution in [0.5, 0.6) is 5.75 Å². The Morgan fingerprint density at radius 3 is 2.73 bits per heavy atom. The van der Waals surface area contributed by atoms with E-state index in [0.717, 1.165) is 27.0 Å². The molecule has 0 bridgehead atoms. The number of aryl methyl sites for hydroxylation is 1. The van der Waals surface area contributed by atoms with Gasteiger partial charge in [-0.15, -0.1) is 11.3 Å². The van der Waals surface area contributed by atoms with Gasteiger partial charge >= 0.3 is 0 Å². The number of fused-ring (bicyclic) bond motifs is 2. The van der Waals surface area contributed by atoms with Gasteiger partial charge in [-0.3, -0.25) is 14.4 Å². The van der Waals surface area contributed by atoms with E-state index in [1.807, 2.05) is 71.6 Å². The summed E-state index contributed by atoms with van der Waals surface area (Å²) in [5.74, 6) is -0.370. The van der Waals surface area contributed by atoms with Gasteiger partial charge in [-0.25, -0.2) is 0 Å². The normalized spacial score (nSPS) is 20.6. The second kappa shape index (κ2) is 10.4. The molecule has 0 aliphatic carbocycles. The number of hydrogen-bond donors (Lipinski definition) is 2. The highest BCUT2D eigenvalue weighted by Gasteiger charge is 2.42. The summed E-state index contributed by atoms with van der Waals surface area (Å²) in [6.07, 6.45) is 1.27. The first-order chi connectivity index (χ1) is 19.4. The first-order valence-corrected chi connectivity index (χ1v) is 14.1. The number of thiophene rings is 1. The molecule has 40 heavy (non-hydrogen) atoms. The molecule has 3 amide bonds. The fourth-order valence-electron chi connectivity index (χ4n) is 5.86. The number of carbonyl (C=O) groups excluding carboxylic acids is 3. The Hall–Kier alpha value is -4.15. The van der Waals surface area contributed by atoms with E-state index >= 15 is 0 Å². The maximum Gasteiger partial charge on any atom is 0.256 e. The van der Waals surface area contributed by atoms with Gasteiger partial charge in [0, 0.05) is 54.0 Å². The van der Waals surface area contributed by atoms with Crippen molar-refractivity contribution >= 4 is 45.6 Å². The minimum absolute atomic E-state index is 0.0416. The number of para-hydroxylation sites is 1. The molecule has 1 fully saturated rings. The van der Waals surface area contributed by atoms with Crippen LogP contribution in [0.3, 0.4) is 0 Å². The van der Waals surface area contributed by atoms with Crippen molar-refractivity contribution < 1.29 is 24.2 Å². The van der Waals surface area contributed by atoms with Gasteiger partial charge in [0.2, 0.25) is 11.8 Å².